The average Bonchev–Trinajstić information content (AvgIpc) is 3.33. The van der Waals surface area contributed by atoms with Crippen LogP contribution in [0, 0.1) is 11.8 Å². The number of carbonyl (C=O) groups is 4. The number of aldehydes is 1. The van der Waals surface area contributed by atoms with Gasteiger partial charge < -0.3 is 19.3 Å². The highest BCUT2D eigenvalue weighted by molar-refractivity contribution is 5.91. The van der Waals surface area contributed by atoms with Crippen molar-refractivity contribution in [3.05, 3.63) is 59.8 Å². The van der Waals surface area contributed by atoms with Crippen LogP contribution in [0.25, 0.3) is 0 Å². The molecule has 2 aliphatic rings. The molecule has 0 radical (unpaired) electrons. The van der Waals surface area contributed by atoms with Crippen LogP contribution in [0.5, 0.6) is 0 Å². The smallest absolute Gasteiger partial charge is 0.334 e. The second-order valence-electron chi connectivity index (χ2n) is 12.4. The Balaban J connectivity index is 2.01. The number of hydrogen-bond donors (Lipinski definition) is 1. The molecule has 0 saturated carbocycles. The van der Waals surface area contributed by atoms with Crippen molar-refractivity contribution in [2.75, 3.05) is 6.61 Å². The molecule has 1 saturated heterocycles. The summed E-state index contributed by atoms with van der Waals surface area (Å²) in [6.45, 7) is 9.41. The maximum Gasteiger partial charge on any atom is 0.334 e. The van der Waals surface area contributed by atoms with E-state index < -0.39 is 48.1 Å². The minimum absolute atomic E-state index is 0.0566. The second kappa shape index (κ2) is 22.3. The third kappa shape index (κ3) is 13.2. The van der Waals surface area contributed by atoms with Gasteiger partial charge in [-0.3, -0.25) is 14.4 Å². The van der Waals surface area contributed by atoms with Crippen molar-refractivity contribution in [3.63, 3.8) is 0 Å². The van der Waals surface area contributed by atoms with Crippen LogP contribution in [0.3, 0.4) is 0 Å². The molecule has 256 valence electrons. The molecule has 1 aliphatic heterocycles. The SMILES string of the molecule is C=C1C(=O)OC2C=C(CO)CCC=C(C=O)C(OC(=O)CCCCCCCC=CCC=CCCCCC)C(OC(=O)C(C)CC)C12. The largest absolute Gasteiger partial charge is 0.457 e. The number of hydrogen-bond acceptors (Lipinski definition) is 8. The normalized spacial score (nSPS) is 22.6. The molecule has 1 aliphatic carbocycles. The summed E-state index contributed by atoms with van der Waals surface area (Å²) in [7, 11) is 0. The fourth-order valence-electron chi connectivity index (χ4n) is 5.58. The Hall–Kier alpha value is -3.26. The monoisotopic (exact) mass is 640 g/mol. The van der Waals surface area contributed by atoms with Gasteiger partial charge in [0, 0.05) is 17.6 Å². The summed E-state index contributed by atoms with van der Waals surface area (Å²) in [4.78, 5) is 51.2. The fourth-order valence-corrected chi connectivity index (χ4v) is 5.58. The maximum atomic E-state index is 13.1. The van der Waals surface area contributed by atoms with E-state index in [1.807, 2.05) is 6.92 Å². The predicted octanol–water partition coefficient (Wildman–Crippen LogP) is 7.61. The quantitative estimate of drug-likeness (QED) is 0.0361. The lowest BCUT2D eigenvalue weighted by Gasteiger charge is -2.33. The van der Waals surface area contributed by atoms with Crippen molar-refractivity contribution in [2.45, 2.75) is 135 Å². The van der Waals surface area contributed by atoms with Gasteiger partial charge in [-0.25, -0.2) is 4.79 Å². The lowest BCUT2D eigenvalue weighted by atomic mass is 9.83. The van der Waals surface area contributed by atoms with Gasteiger partial charge in [-0.2, -0.15) is 0 Å². The minimum atomic E-state index is -1.24. The summed E-state index contributed by atoms with van der Waals surface area (Å²) >= 11 is 0. The summed E-state index contributed by atoms with van der Waals surface area (Å²) in [6.07, 6.45) is 22.6. The van der Waals surface area contributed by atoms with Gasteiger partial charge in [0.2, 0.25) is 0 Å². The van der Waals surface area contributed by atoms with E-state index in [1.165, 1.54) is 19.3 Å². The summed E-state index contributed by atoms with van der Waals surface area (Å²) in [5.41, 5.74) is 0.810. The van der Waals surface area contributed by atoms with Gasteiger partial charge in [0.1, 0.15) is 12.4 Å². The van der Waals surface area contributed by atoms with Crippen LogP contribution in [0.15, 0.2) is 59.8 Å². The highest BCUT2D eigenvalue weighted by atomic mass is 16.6. The van der Waals surface area contributed by atoms with Gasteiger partial charge in [-0.1, -0.05) is 89.8 Å². The standard InChI is InChI=1S/C38H56O8/c1-5-7-8-9-10-11-12-13-14-15-16-17-18-19-20-24-33(41)45-35-31(27-40)23-21-22-30(26-39)25-32-34(29(4)38(43)44-32)36(35)46-37(42)28(3)6-2/h10-11,13-14,23,25,27-28,32,34-36,39H,4-9,12,15-22,24,26H2,1-3H3. The number of aliphatic hydroxyl groups is 1. The van der Waals surface area contributed by atoms with Crippen LogP contribution < -0.4 is 0 Å². The Kier molecular flexibility index (Phi) is 18.9. The molecule has 0 aromatic rings. The maximum absolute atomic E-state index is 13.1. The van der Waals surface area contributed by atoms with E-state index in [0.717, 1.165) is 44.9 Å². The van der Waals surface area contributed by atoms with Crippen LogP contribution in [0.2, 0.25) is 0 Å². The topological polar surface area (TPSA) is 116 Å². The highest BCUT2D eigenvalue weighted by Gasteiger charge is 2.49. The molecular weight excluding hydrogens is 584 g/mol. The van der Waals surface area contributed by atoms with Crippen molar-refractivity contribution in [1.29, 1.82) is 0 Å². The highest BCUT2D eigenvalue weighted by Crippen LogP contribution is 2.38. The Morgan fingerprint density at radius 1 is 1.02 bits per heavy atom. The first-order valence-corrected chi connectivity index (χ1v) is 17.3. The summed E-state index contributed by atoms with van der Waals surface area (Å²) in [5, 5.41) is 9.88. The number of fused-ring (bicyclic) bond motifs is 1. The lowest BCUT2D eigenvalue weighted by Crippen LogP contribution is -2.46. The summed E-state index contributed by atoms with van der Waals surface area (Å²) in [6, 6.07) is 0. The third-order valence-electron chi connectivity index (χ3n) is 8.68. The molecule has 5 atom stereocenters. The van der Waals surface area contributed by atoms with Crippen molar-refractivity contribution in [2.24, 2.45) is 11.8 Å². The molecular formula is C38H56O8. The molecule has 8 nitrogen and oxygen atoms in total. The van der Waals surface area contributed by atoms with E-state index in [-0.39, 0.29) is 24.2 Å². The van der Waals surface area contributed by atoms with E-state index in [1.54, 1.807) is 19.1 Å². The van der Waals surface area contributed by atoms with E-state index in [0.29, 0.717) is 37.5 Å². The first-order chi connectivity index (χ1) is 22.3. The van der Waals surface area contributed by atoms with Crippen LogP contribution in [-0.2, 0) is 33.4 Å². The van der Waals surface area contributed by atoms with Crippen LogP contribution in [-0.4, -0.2) is 54.2 Å². The van der Waals surface area contributed by atoms with E-state index in [4.69, 9.17) is 14.2 Å². The zero-order chi connectivity index (χ0) is 33.7. The zero-order valence-corrected chi connectivity index (χ0v) is 28.3. The Labute approximate surface area is 276 Å². The van der Waals surface area contributed by atoms with Gasteiger partial charge in [0.05, 0.1) is 18.4 Å². The van der Waals surface area contributed by atoms with Crippen molar-refractivity contribution in [1.82, 2.24) is 0 Å². The molecule has 0 aromatic carbocycles. The van der Waals surface area contributed by atoms with E-state index >= 15 is 0 Å². The number of unbranched alkanes of at least 4 members (excludes halogenated alkanes) is 8. The van der Waals surface area contributed by atoms with Crippen molar-refractivity contribution < 1.29 is 38.5 Å². The number of aliphatic hydroxyl groups excluding tert-OH is 1. The van der Waals surface area contributed by atoms with Crippen LogP contribution >= 0.6 is 0 Å². The number of allylic oxidation sites excluding steroid dienone is 5. The van der Waals surface area contributed by atoms with Gasteiger partial charge in [0.25, 0.3) is 0 Å². The van der Waals surface area contributed by atoms with Gasteiger partial charge >= 0.3 is 17.9 Å². The van der Waals surface area contributed by atoms with E-state index in [9.17, 15) is 24.3 Å². The van der Waals surface area contributed by atoms with Crippen molar-refractivity contribution in [3.8, 4) is 0 Å². The third-order valence-corrected chi connectivity index (χ3v) is 8.68. The van der Waals surface area contributed by atoms with E-state index in [2.05, 4.69) is 37.8 Å². The summed E-state index contributed by atoms with van der Waals surface area (Å²) < 4.78 is 17.4. The number of ether oxygens (including phenoxy) is 3. The molecule has 1 fully saturated rings. The van der Waals surface area contributed by atoms with Gasteiger partial charge in [-0.15, -0.1) is 0 Å². The molecule has 8 heteroatoms. The Morgan fingerprint density at radius 3 is 2.35 bits per heavy atom. The first kappa shape index (κ1) is 38.9. The minimum Gasteiger partial charge on any atom is -0.457 e. The number of rotatable bonds is 20. The molecule has 0 bridgehead atoms. The number of carbonyl (C=O) groups excluding carboxylic acids is 4. The summed E-state index contributed by atoms with van der Waals surface area (Å²) in [5.74, 6) is -3.08. The van der Waals surface area contributed by atoms with Crippen molar-refractivity contribution >= 4 is 24.2 Å². The molecule has 0 aromatic heterocycles. The molecule has 46 heavy (non-hydrogen) atoms. The Morgan fingerprint density at radius 2 is 1.70 bits per heavy atom. The average molecular weight is 641 g/mol. The Bertz CT molecular complexity index is 1110. The van der Waals surface area contributed by atoms with Crippen LogP contribution in [0.4, 0.5) is 0 Å². The molecule has 1 N–H and O–H groups in total. The fraction of sp³-hybridized carbons (Fsp3) is 0.632. The molecule has 0 amide bonds. The van der Waals surface area contributed by atoms with Crippen LogP contribution in [0.1, 0.15) is 117 Å². The molecule has 5 unspecified atom stereocenters. The number of esters is 3. The van der Waals surface area contributed by atoms with Gasteiger partial charge in [0.15, 0.2) is 12.2 Å². The van der Waals surface area contributed by atoms with Gasteiger partial charge in [-0.05, 0) is 69.4 Å². The predicted molar refractivity (Wildman–Crippen MR) is 180 cm³/mol. The second-order valence-corrected chi connectivity index (χ2v) is 12.4. The molecule has 2 rings (SSSR count). The lowest BCUT2D eigenvalue weighted by molar-refractivity contribution is -0.172. The zero-order valence-electron chi connectivity index (χ0n) is 28.3. The molecule has 1 heterocycles. The molecule has 0 spiro atoms. The first-order valence-electron chi connectivity index (χ1n) is 17.3.